The Bertz CT molecular complexity index is 417. The maximum atomic E-state index is 11.9. The van der Waals surface area contributed by atoms with E-state index in [-0.39, 0.29) is 11.8 Å². The van der Waals surface area contributed by atoms with Crippen molar-refractivity contribution in [3.8, 4) is 0 Å². The van der Waals surface area contributed by atoms with E-state index in [0.717, 1.165) is 19.1 Å². The summed E-state index contributed by atoms with van der Waals surface area (Å²) < 4.78 is 0. The zero-order valence-electron chi connectivity index (χ0n) is 11.0. The minimum absolute atomic E-state index is 0.118. The van der Waals surface area contributed by atoms with E-state index < -0.39 is 0 Å². The Morgan fingerprint density at radius 2 is 2.21 bits per heavy atom. The molecule has 0 bridgehead atoms. The third kappa shape index (κ3) is 3.12. The van der Waals surface area contributed by atoms with Crippen LogP contribution in [0.4, 0.5) is 0 Å². The second-order valence-electron chi connectivity index (χ2n) is 5.68. The first kappa shape index (κ1) is 12.6. The van der Waals surface area contributed by atoms with Crippen LogP contribution in [0.2, 0.25) is 0 Å². The Balaban J connectivity index is 1.42. The van der Waals surface area contributed by atoms with Gasteiger partial charge in [0.1, 0.15) is 5.71 Å². The molecule has 1 aliphatic carbocycles. The molecule has 2 amide bonds. The summed E-state index contributed by atoms with van der Waals surface area (Å²) in [5, 5.41) is 6.74. The number of hydrogen-bond donors (Lipinski definition) is 2. The summed E-state index contributed by atoms with van der Waals surface area (Å²) in [5.41, 5.74) is 2.79. The fourth-order valence-corrected chi connectivity index (χ4v) is 2.78. The minimum Gasteiger partial charge on any atom is -0.351 e. The van der Waals surface area contributed by atoms with Gasteiger partial charge in [0.25, 0.3) is 5.91 Å². The Morgan fingerprint density at radius 3 is 2.89 bits per heavy atom. The van der Waals surface area contributed by atoms with Gasteiger partial charge in [0.2, 0.25) is 5.91 Å². The van der Waals surface area contributed by atoms with Gasteiger partial charge in [-0.3, -0.25) is 9.59 Å². The van der Waals surface area contributed by atoms with Gasteiger partial charge in [0.15, 0.2) is 0 Å². The predicted molar refractivity (Wildman–Crippen MR) is 70.5 cm³/mol. The number of nitrogens with one attached hydrogen (secondary N) is 2. The van der Waals surface area contributed by atoms with Gasteiger partial charge < -0.3 is 10.2 Å². The van der Waals surface area contributed by atoms with Crippen LogP contribution in [0.1, 0.15) is 32.1 Å². The highest BCUT2D eigenvalue weighted by molar-refractivity contribution is 6.39. The number of rotatable bonds is 4. The van der Waals surface area contributed by atoms with E-state index in [9.17, 15) is 9.59 Å². The van der Waals surface area contributed by atoms with Gasteiger partial charge in [-0.05, 0) is 31.7 Å². The van der Waals surface area contributed by atoms with Gasteiger partial charge in [-0.25, -0.2) is 5.43 Å². The highest BCUT2D eigenvalue weighted by Crippen LogP contribution is 2.31. The van der Waals surface area contributed by atoms with Gasteiger partial charge in [-0.1, -0.05) is 0 Å². The molecule has 1 saturated heterocycles. The van der Waals surface area contributed by atoms with E-state index in [1.807, 2.05) is 0 Å². The lowest BCUT2D eigenvalue weighted by Crippen LogP contribution is -2.39. The molecule has 0 spiro atoms. The molecular formula is C13H20N4O2. The normalized spacial score (nSPS) is 27.9. The van der Waals surface area contributed by atoms with Crippen LogP contribution in [0.15, 0.2) is 5.10 Å². The SMILES string of the molecule is O=C1CCC(C(=O)NCC2CCN(C3CC3)C2)=NN1. The standard InChI is InChI=1S/C13H20N4O2/c18-12-4-3-11(15-16-12)13(19)14-7-9-5-6-17(8-9)10-1-2-10/h9-10H,1-8H2,(H,14,19)(H,16,18). The van der Waals surface area contributed by atoms with Gasteiger partial charge >= 0.3 is 0 Å². The molecule has 2 N–H and O–H groups in total. The number of carbonyl (C=O) groups is 2. The Labute approximate surface area is 112 Å². The summed E-state index contributed by atoms with van der Waals surface area (Å²) >= 11 is 0. The van der Waals surface area contributed by atoms with Crippen LogP contribution < -0.4 is 10.7 Å². The Hall–Kier alpha value is -1.43. The molecule has 6 nitrogen and oxygen atoms in total. The van der Waals surface area contributed by atoms with Crippen molar-refractivity contribution in [3.05, 3.63) is 0 Å². The van der Waals surface area contributed by atoms with Gasteiger partial charge in [-0.15, -0.1) is 0 Å². The van der Waals surface area contributed by atoms with E-state index in [1.165, 1.54) is 25.8 Å². The average molecular weight is 264 g/mol. The van der Waals surface area contributed by atoms with Crippen molar-refractivity contribution < 1.29 is 9.59 Å². The van der Waals surface area contributed by atoms with E-state index in [2.05, 4.69) is 20.7 Å². The van der Waals surface area contributed by atoms with Crippen LogP contribution in [-0.2, 0) is 9.59 Å². The minimum atomic E-state index is -0.134. The fourth-order valence-electron chi connectivity index (χ4n) is 2.78. The van der Waals surface area contributed by atoms with Crippen molar-refractivity contribution in [3.63, 3.8) is 0 Å². The second kappa shape index (κ2) is 5.28. The van der Waals surface area contributed by atoms with Crippen molar-refractivity contribution in [1.82, 2.24) is 15.6 Å². The molecule has 0 aromatic carbocycles. The number of likely N-dealkylation sites (tertiary alicyclic amines) is 1. The first-order chi connectivity index (χ1) is 9.22. The molecule has 2 heterocycles. The summed E-state index contributed by atoms with van der Waals surface area (Å²) in [6.07, 6.45) is 4.65. The van der Waals surface area contributed by atoms with Gasteiger partial charge in [0, 0.05) is 32.0 Å². The number of hydrogen-bond acceptors (Lipinski definition) is 4. The van der Waals surface area contributed by atoms with E-state index in [4.69, 9.17) is 0 Å². The summed E-state index contributed by atoms with van der Waals surface area (Å²) in [6, 6.07) is 0.818. The van der Waals surface area contributed by atoms with E-state index in [1.54, 1.807) is 0 Å². The largest absolute Gasteiger partial charge is 0.351 e. The molecule has 2 aliphatic heterocycles. The summed E-state index contributed by atoms with van der Waals surface area (Å²) in [4.78, 5) is 25.4. The highest BCUT2D eigenvalue weighted by Gasteiger charge is 2.34. The lowest BCUT2D eigenvalue weighted by Gasteiger charge is -2.16. The van der Waals surface area contributed by atoms with Crippen molar-refractivity contribution in [1.29, 1.82) is 0 Å². The molecule has 1 atom stereocenters. The number of hydrazone groups is 1. The third-order valence-electron chi connectivity index (χ3n) is 4.10. The Kier molecular flexibility index (Phi) is 3.50. The number of carbonyl (C=O) groups excluding carboxylic acids is 2. The smallest absolute Gasteiger partial charge is 0.267 e. The van der Waals surface area contributed by atoms with E-state index >= 15 is 0 Å². The zero-order valence-corrected chi connectivity index (χ0v) is 11.0. The summed E-state index contributed by atoms with van der Waals surface area (Å²) in [5.74, 6) is 0.306. The third-order valence-corrected chi connectivity index (χ3v) is 4.10. The lowest BCUT2D eigenvalue weighted by molar-refractivity contribution is -0.121. The van der Waals surface area contributed by atoms with Crippen molar-refractivity contribution in [2.75, 3.05) is 19.6 Å². The van der Waals surface area contributed by atoms with Crippen LogP contribution in [0.25, 0.3) is 0 Å². The average Bonchev–Trinajstić information content (AvgIpc) is 3.16. The van der Waals surface area contributed by atoms with Gasteiger partial charge in [-0.2, -0.15) is 5.10 Å². The Morgan fingerprint density at radius 1 is 1.37 bits per heavy atom. The van der Waals surface area contributed by atoms with Crippen LogP contribution >= 0.6 is 0 Å². The molecule has 19 heavy (non-hydrogen) atoms. The van der Waals surface area contributed by atoms with Crippen LogP contribution in [0.3, 0.4) is 0 Å². The monoisotopic (exact) mass is 264 g/mol. The number of nitrogens with zero attached hydrogens (tertiary/aromatic N) is 2. The molecule has 1 saturated carbocycles. The first-order valence-corrected chi connectivity index (χ1v) is 7.10. The molecular weight excluding hydrogens is 244 g/mol. The molecule has 1 unspecified atom stereocenters. The summed E-state index contributed by atoms with van der Waals surface area (Å²) in [7, 11) is 0. The maximum Gasteiger partial charge on any atom is 0.267 e. The van der Waals surface area contributed by atoms with E-state index in [0.29, 0.717) is 24.5 Å². The van der Waals surface area contributed by atoms with Crippen molar-refractivity contribution in [2.24, 2.45) is 11.0 Å². The topological polar surface area (TPSA) is 73.8 Å². The first-order valence-electron chi connectivity index (χ1n) is 7.10. The quantitative estimate of drug-likeness (QED) is 0.742. The van der Waals surface area contributed by atoms with Crippen molar-refractivity contribution in [2.45, 2.75) is 38.1 Å². The molecule has 6 heteroatoms. The summed E-state index contributed by atoms with van der Waals surface area (Å²) in [6.45, 7) is 2.99. The molecule has 3 aliphatic rings. The highest BCUT2D eigenvalue weighted by atomic mass is 16.2. The van der Waals surface area contributed by atoms with Crippen LogP contribution in [0, 0.1) is 5.92 Å². The number of amides is 2. The van der Waals surface area contributed by atoms with Gasteiger partial charge in [0.05, 0.1) is 0 Å². The molecule has 3 rings (SSSR count). The molecule has 0 radical (unpaired) electrons. The van der Waals surface area contributed by atoms with Crippen molar-refractivity contribution >= 4 is 17.5 Å². The predicted octanol–water partition coefficient (Wildman–Crippen LogP) is -0.147. The lowest BCUT2D eigenvalue weighted by atomic mass is 10.1. The molecule has 104 valence electrons. The fraction of sp³-hybridized carbons (Fsp3) is 0.769. The zero-order chi connectivity index (χ0) is 13.2. The molecule has 0 aromatic rings. The van der Waals surface area contributed by atoms with Crippen LogP contribution in [0.5, 0.6) is 0 Å². The maximum absolute atomic E-state index is 11.9. The molecule has 2 fully saturated rings. The molecule has 0 aromatic heterocycles. The van der Waals surface area contributed by atoms with Crippen LogP contribution in [-0.4, -0.2) is 48.1 Å². The second-order valence-corrected chi connectivity index (χ2v) is 5.68.